The molecule has 0 aliphatic carbocycles. The van der Waals surface area contributed by atoms with Gasteiger partial charge in [-0.2, -0.15) is 0 Å². The van der Waals surface area contributed by atoms with Crippen LogP contribution in [0.25, 0.3) is 12.2 Å². The fraction of sp³-hybridized carbons (Fsp3) is 0.652. The molecule has 0 aromatic heterocycles. The zero-order chi connectivity index (χ0) is 95.6. The maximum atomic E-state index is 15.6. The third-order valence-corrected chi connectivity index (χ3v) is 17.8. The molecule has 0 saturated carbocycles. The molecular formula is C92H132O36. The molecule has 128 heavy (non-hydrogen) atoms. The normalized spacial score (nSPS) is 13.8. The summed E-state index contributed by atoms with van der Waals surface area (Å²) in [5, 5.41) is 0. The second kappa shape index (κ2) is 64.4. The number of carbonyl (C=O) groups excluding carboxylic acids is 18. The van der Waals surface area contributed by atoms with Crippen LogP contribution in [-0.4, -0.2) is 201 Å². The molecule has 0 aliphatic rings. The number of ether oxygens (including phenoxy) is 18. The highest BCUT2D eigenvalue weighted by atomic mass is 16.7. The second-order valence-corrected chi connectivity index (χ2v) is 29.7. The summed E-state index contributed by atoms with van der Waals surface area (Å²) in [6.45, 7) is 21.9. The van der Waals surface area contributed by atoms with Crippen LogP contribution >= 0.6 is 0 Å². The van der Waals surface area contributed by atoms with Gasteiger partial charge in [-0.15, -0.1) is 0 Å². The largest absolute Gasteiger partial charge is 0.462 e. The average Bonchev–Trinajstić information content (AvgIpc) is 0.816. The molecule has 0 N–H and O–H groups in total. The minimum atomic E-state index is -2.53. The van der Waals surface area contributed by atoms with Crippen molar-refractivity contribution in [1.82, 2.24) is 0 Å². The van der Waals surface area contributed by atoms with Gasteiger partial charge in [0.2, 0.25) is 18.3 Å². The van der Waals surface area contributed by atoms with E-state index in [1.807, 2.05) is 0 Å². The van der Waals surface area contributed by atoms with Crippen molar-refractivity contribution in [2.45, 2.75) is 370 Å². The lowest BCUT2D eigenvalue weighted by Gasteiger charge is -2.35. The molecule has 0 unspecified atom stereocenters. The third kappa shape index (κ3) is 43.9. The highest BCUT2D eigenvalue weighted by Crippen LogP contribution is 2.33. The van der Waals surface area contributed by atoms with Gasteiger partial charge in [-0.3, -0.25) is 71.9 Å². The summed E-state index contributed by atoms with van der Waals surface area (Å²) >= 11 is 0. The van der Waals surface area contributed by atoms with E-state index in [2.05, 4.69) is 0 Å². The van der Waals surface area contributed by atoms with Gasteiger partial charge in [0.25, 0.3) is 0 Å². The van der Waals surface area contributed by atoms with Crippen molar-refractivity contribution in [3.8, 4) is 17.2 Å². The molecular weight excluding hydrogens is 1680 g/mol. The standard InChI is InChI=1S/C92H132O36/c1-16-31-66(93)111-55-63(117-69(96)34-19-4)81(120-72(99)37-22-7)84(123-75(102)40-25-10)87(126-78(105)43-28-13)90(108)114-60-50-48-58(49-51-60)46-47-59-52-61(115-91(109)88(127-79(106)44-29-14)85(124-76(103)41-26-11)82(121-73(100)38-23-8)64(118-70(97)35-20-5)56-112-67(94)32-17-2)54-62(53-59)116-92(110)89(128-80(107)45-30-15)86(125-77(104)42-27-12)83(122-74(101)39-24-9)65(119-71(98)36-21-6)57-113-68(95)33-18-3/h46-54,63-65,81-89H,16-45,55-57H2,1-15H3/b47-46+/t63-,64-,65-,81-,82-,83-,84+,85+,86+,87-,88-,89-/m1/s1. The van der Waals surface area contributed by atoms with E-state index in [1.54, 1.807) is 104 Å². The molecule has 36 heteroatoms. The van der Waals surface area contributed by atoms with Crippen LogP contribution in [0.15, 0.2) is 42.5 Å². The van der Waals surface area contributed by atoms with E-state index < -0.39 is 225 Å². The molecule has 0 heterocycles. The molecule has 0 amide bonds. The van der Waals surface area contributed by atoms with Crippen molar-refractivity contribution in [2.24, 2.45) is 0 Å². The smallest absolute Gasteiger partial charge is 0.356 e. The van der Waals surface area contributed by atoms with Crippen LogP contribution in [0.3, 0.4) is 0 Å². The van der Waals surface area contributed by atoms with Crippen LogP contribution in [0.5, 0.6) is 17.2 Å². The number of esters is 18. The molecule has 0 aliphatic heterocycles. The van der Waals surface area contributed by atoms with Gasteiger partial charge in [-0.1, -0.05) is 128 Å². The Kier molecular flexibility index (Phi) is 56.7. The SMILES string of the molecule is CCCC(=O)OC[C@@H](OC(=O)CCC)[C@@H](OC(=O)CCC)[C@H](OC(=O)CCC)[C@@H](OC(=O)CCC)C(=O)Oc1ccc(/C=C/c2cc(OC(=O)[C@H](OC(=O)CCC)[C@@H](OC(=O)CCC)[C@H](OC(=O)CCC)[C@@H](COC(=O)CCC)OC(=O)CCC)cc(OC(=O)[C@H](OC(=O)CCC)[C@@H](OC(=O)CCC)[C@H](OC(=O)CCC)[C@@H](COC(=O)CCC)OC(=O)CCC)c2)cc1. The summed E-state index contributed by atoms with van der Waals surface area (Å²) in [5.41, 5.74) is 0.125. The van der Waals surface area contributed by atoms with Gasteiger partial charge in [0.1, 0.15) is 37.1 Å². The maximum absolute atomic E-state index is 15.6. The molecule has 0 spiro atoms. The van der Waals surface area contributed by atoms with Gasteiger partial charge in [0.15, 0.2) is 54.9 Å². The average molecular weight is 1810 g/mol. The fourth-order valence-corrected chi connectivity index (χ4v) is 11.8. The number of carbonyl (C=O) groups is 18. The highest BCUT2D eigenvalue weighted by Gasteiger charge is 2.53. The molecule has 716 valence electrons. The summed E-state index contributed by atoms with van der Waals surface area (Å²) in [5.74, 6) is -20.9. The first-order chi connectivity index (χ1) is 61.2. The topological polar surface area (TPSA) is 473 Å². The Balaban J connectivity index is 3.48. The molecule has 0 fully saturated rings. The summed E-state index contributed by atoms with van der Waals surface area (Å²) in [7, 11) is 0. The van der Waals surface area contributed by atoms with Gasteiger partial charge >= 0.3 is 107 Å². The second-order valence-electron chi connectivity index (χ2n) is 29.7. The zero-order valence-electron chi connectivity index (χ0n) is 76.7. The van der Waals surface area contributed by atoms with Crippen molar-refractivity contribution in [3.63, 3.8) is 0 Å². The summed E-state index contributed by atoms with van der Waals surface area (Å²) in [6, 6.07) is 8.41. The Hall–Kier alpha value is -11.4. The molecule has 2 aromatic carbocycles. The van der Waals surface area contributed by atoms with E-state index in [9.17, 15) is 76.7 Å². The Morgan fingerprint density at radius 1 is 0.211 bits per heavy atom. The predicted molar refractivity (Wildman–Crippen MR) is 454 cm³/mol. The summed E-state index contributed by atoms with van der Waals surface area (Å²) < 4.78 is 105. The van der Waals surface area contributed by atoms with E-state index in [4.69, 9.17) is 85.3 Å². The summed E-state index contributed by atoms with van der Waals surface area (Å²) in [4.78, 5) is 251. The lowest BCUT2D eigenvalue weighted by molar-refractivity contribution is -0.208. The predicted octanol–water partition coefficient (Wildman–Crippen LogP) is 13.1. The molecule has 0 saturated heterocycles. The third-order valence-electron chi connectivity index (χ3n) is 17.8. The molecule has 2 aromatic rings. The Labute approximate surface area is 748 Å². The van der Waals surface area contributed by atoms with Gasteiger partial charge < -0.3 is 85.3 Å². The first-order valence-corrected chi connectivity index (χ1v) is 44.6. The van der Waals surface area contributed by atoms with Crippen molar-refractivity contribution >= 4 is 120 Å². The minimum absolute atomic E-state index is 0.0837. The quantitative estimate of drug-likeness (QED) is 0.0257. The first kappa shape index (κ1) is 113. The van der Waals surface area contributed by atoms with Gasteiger partial charge in [0.05, 0.1) is 0 Å². The Morgan fingerprint density at radius 2 is 0.398 bits per heavy atom. The number of benzene rings is 2. The van der Waals surface area contributed by atoms with Crippen LogP contribution in [0.2, 0.25) is 0 Å². The monoisotopic (exact) mass is 1810 g/mol. The van der Waals surface area contributed by atoms with Crippen LogP contribution in [0.1, 0.15) is 308 Å². The van der Waals surface area contributed by atoms with Crippen LogP contribution in [0, 0.1) is 0 Å². The number of hydrogen-bond acceptors (Lipinski definition) is 36. The molecule has 0 bridgehead atoms. The molecule has 36 nitrogen and oxygen atoms in total. The van der Waals surface area contributed by atoms with Crippen molar-refractivity contribution in [1.29, 1.82) is 0 Å². The van der Waals surface area contributed by atoms with E-state index in [1.165, 1.54) is 36.4 Å². The van der Waals surface area contributed by atoms with Crippen LogP contribution < -0.4 is 14.2 Å². The Bertz CT molecular complexity index is 3750. The zero-order valence-corrected chi connectivity index (χ0v) is 76.7. The van der Waals surface area contributed by atoms with Gasteiger partial charge in [-0.25, -0.2) is 14.4 Å². The lowest BCUT2D eigenvalue weighted by Crippen LogP contribution is -2.56. The fourth-order valence-electron chi connectivity index (χ4n) is 11.8. The van der Waals surface area contributed by atoms with Gasteiger partial charge in [0, 0.05) is 102 Å². The van der Waals surface area contributed by atoms with Gasteiger partial charge in [-0.05, 0) is 132 Å². The first-order valence-electron chi connectivity index (χ1n) is 44.6. The summed E-state index contributed by atoms with van der Waals surface area (Å²) in [6.07, 6.45) is -24.9. The van der Waals surface area contributed by atoms with E-state index >= 15 is 9.59 Å². The van der Waals surface area contributed by atoms with E-state index in [0.717, 1.165) is 18.2 Å². The van der Waals surface area contributed by atoms with Crippen molar-refractivity contribution in [3.05, 3.63) is 53.6 Å². The minimum Gasteiger partial charge on any atom is -0.462 e. The van der Waals surface area contributed by atoms with Crippen molar-refractivity contribution < 1.29 is 172 Å². The number of rotatable bonds is 65. The molecule has 12 atom stereocenters. The highest BCUT2D eigenvalue weighted by molar-refractivity contribution is 5.87. The van der Waals surface area contributed by atoms with E-state index in [0.29, 0.717) is 6.42 Å². The lowest BCUT2D eigenvalue weighted by atomic mass is 10.0. The molecule has 0 radical (unpaired) electrons. The van der Waals surface area contributed by atoms with E-state index in [-0.39, 0.29) is 190 Å². The van der Waals surface area contributed by atoms with Crippen LogP contribution in [0.4, 0.5) is 0 Å². The van der Waals surface area contributed by atoms with Crippen LogP contribution in [-0.2, 0) is 157 Å². The number of hydrogen-bond donors (Lipinski definition) is 0. The Morgan fingerprint density at radius 3 is 0.625 bits per heavy atom. The van der Waals surface area contributed by atoms with Crippen molar-refractivity contribution in [2.75, 3.05) is 19.8 Å². The molecule has 2 rings (SSSR count). The maximum Gasteiger partial charge on any atom is 0.356 e.